The maximum Gasteiger partial charge on any atom is 0.150 e. The Kier molecular flexibility index (Phi) is 3.98. The molecule has 0 saturated heterocycles. The molecule has 1 aromatic carbocycles. The molecule has 0 bridgehead atoms. The van der Waals surface area contributed by atoms with E-state index in [9.17, 15) is 8.78 Å². The molecule has 1 heterocycles. The van der Waals surface area contributed by atoms with Crippen molar-refractivity contribution in [3.63, 3.8) is 0 Å². The van der Waals surface area contributed by atoms with Gasteiger partial charge in [-0.25, -0.2) is 8.78 Å². The van der Waals surface area contributed by atoms with Gasteiger partial charge in [-0.05, 0) is 24.3 Å². The minimum absolute atomic E-state index is 0.134. The summed E-state index contributed by atoms with van der Waals surface area (Å²) in [5, 5.41) is 11.4. The average Bonchev–Trinajstić information content (AvgIpc) is 2.75. The Labute approximate surface area is 111 Å². The highest BCUT2D eigenvalue weighted by molar-refractivity contribution is 9.10. The molecule has 0 aliphatic rings. The van der Waals surface area contributed by atoms with Crippen LogP contribution < -0.4 is 5.32 Å². The quantitative estimate of drug-likeness (QED) is 0.908. The summed E-state index contributed by atoms with van der Waals surface area (Å²) in [6.45, 7) is -0.0729. The van der Waals surface area contributed by atoms with Crippen LogP contribution in [0.3, 0.4) is 0 Å². The van der Waals surface area contributed by atoms with Gasteiger partial charge in [0.2, 0.25) is 0 Å². The van der Waals surface area contributed by atoms with Gasteiger partial charge in [-0.15, -0.1) is 0 Å². The molecule has 0 aliphatic heterocycles. The summed E-state index contributed by atoms with van der Waals surface area (Å²) in [6.07, 6.45) is 0. The zero-order valence-corrected chi connectivity index (χ0v) is 10.8. The Morgan fingerprint density at radius 2 is 1.78 bits per heavy atom. The first-order valence-corrected chi connectivity index (χ1v) is 5.96. The molecule has 0 radical (unpaired) electrons. The number of aliphatic hydroxyl groups excluding tert-OH is 1. The minimum atomic E-state index is -0.684. The van der Waals surface area contributed by atoms with E-state index in [1.807, 2.05) is 0 Å². The summed E-state index contributed by atoms with van der Waals surface area (Å²) in [7, 11) is 0. The molecule has 6 heteroatoms. The number of halogens is 3. The molecular weight excluding hydrogens is 308 g/mol. The fourth-order valence-corrected chi connectivity index (χ4v) is 1.89. The van der Waals surface area contributed by atoms with Crippen LogP contribution in [0.4, 0.5) is 14.5 Å². The molecule has 96 valence electrons. The fraction of sp³-hybridized carbons (Fsp3) is 0.167. The van der Waals surface area contributed by atoms with Crippen molar-refractivity contribution in [2.24, 2.45) is 0 Å². The standard InChI is InChI=1S/C12H10BrF2NO2/c13-7-3-10(14)12(11(15)4-7)16-5-8-1-2-9(6-17)18-8/h1-4,16-17H,5-6H2. The topological polar surface area (TPSA) is 45.4 Å². The van der Waals surface area contributed by atoms with Crippen LogP contribution in [0, 0.1) is 11.6 Å². The van der Waals surface area contributed by atoms with Gasteiger partial charge in [0.25, 0.3) is 0 Å². The third kappa shape index (κ3) is 2.88. The van der Waals surface area contributed by atoms with Gasteiger partial charge in [0.15, 0.2) is 0 Å². The van der Waals surface area contributed by atoms with E-state index in [1.54, 1.807) is 12.1 Å². The third-order valence-electron chi connectivity index (χ3n) is 2.32. The number of furan rings is 1. The molecule has 0 amide bonds. The van der Waals surface area contributed by atoms with E-state index < -0.39 is 11.6 Å². The van der Waals surface area contributed by atoms with Gasteiger partial charge < -0.3 is 14.8 Å². The van der Waals surface area contributed by atoms with E-state index in [0.29, 0.717) is 16.0 Å². The lowest BCUT2D eigenvalue weighted by Gasteiger charge is -2.07. The normalized spacial score (nSPS) is 10.7. The summed E-state index contributed by atoms with van der Waals surface area (Å²) in [6, 6.07) is 5.58. The highest BCUT2D eigenvalue weighted by Crippen LogP contribution is 2.24. The first kappa shape index (κ1) is 13.0. The number of rotatable bonds is 4. The van der Waals surface area contributed by atoms with Gasteiger partial charge in [0.05, 0.1) is 6.54 Å². The maximum atomic E-state index is 13.5. The van der Waals surface area contributed by atoms with E-state index in [2.05, 4.69) is 21.2 Å². The van der Waals surface area contributed by atoms with Crippen LogP contribution in [-0.4, -0.2) is 5.11 Å². The predicted molar refractivity (Wildman–Crippen MR) is 66.0 cm³/mol. The molecule has 2 N–H and O–H groups in total. The van der Waals surface area contributed by atoms with E-state index in [1.165, 1.54) is 12.1 Å². The Morgan fingerprint density at radius 1 is 1.17 bits per heavy atom. The van der Waals surface area contributed by atoms with Crippen molar-refractivity contribution in [2.75, 3.05) is 5.32 Å². The molecule has 0 aliphatic carbocycles. The number of anilines is 1. The summed E-state index contributed by atoms with van der Waals surface area (Å²) in [5.74, 6) is -0.476. The van der Waals surface area contributed by atoms with Crippen LogP contribution in [0.2, 0.25) is 0 Å². The van der Waals surface area contributed by atoms with Gasteiger partial charge in [-0.1, -0.05) is 15.9 Å². The van der Waals surface area contributed by atoms with Crippen molar-refractivity contribution in [3.05, 3.63) is 51.9 Å². The van der Waals surface area contributed by atoms with Crippen LogP contribution >= 0.6 is 15.9 Å². The molecule has 1 aromatic heterocycles. The molecule has 2 rings (SSSR count). The van der Waals surface area contributed by atoms with Crippen LogP contribution in [0.25, 0.3) is 0 Å². The largest absolute Gasteiger partial charge is 0.462 e. The Hall–Kier alpha value is -1.40. The molecule has 0 unspecified atom stereocenters. The minimum Gasteiger partial charge on any atom is -0.462 e. The monoisotopic (exact) mass is 317 g/mol. The first-order valence-electron chi connectivity index (χ1n) is 5.17. The summed E-state index contributed by atoms with van der Waals surface area (Å²) in [5.41, 5.74) is -0.208. The SMILES string of the molecule is OCc1ccc(CNc2c(F)cc(Br)cc2F)o1. The number of hydrogen-bond donors (Lipinski definition) is 2. The van der Waals surface area contributed by atoms with E-state index in [4.69, 9.17) is 9.52 Å². The lowest BCUT2D eigenvalue weighted by molar-refractivity contribution is 0.244. The van der Waals surface area contributed by atoms with Gasteiger partial charge in [-0.2, -0.15) is 0 Å². The number of benzene rings is 1. The highest BCUT2D eigenvalue weighted by atomic mass is 79.9. The second-order valence-electron chi connectivity index (χ2n) is 3.62. The van der Waals surface area contributed by atoms with Crippen LogP contribution in [0.1, 0.15) is 11.5 Å². The van der Waals surface area contributed by atoms with Gasteiger partial charge in [0, 0.05) is 4.47 Å². The summed E-state index contributed by atoms with van der Waals surface area (Å²) < 4.78 is 32.5. The van der Waals surface area contributed by atoms with Crippen LogP contribution in [0.15, 0.2) is 33.2 Å². The second kappa shape index (κ2) is 5.49. The first-order chi connectivity index (χ1) is 8.60. The lowest BCUT2D eigenvalue weighted by atomic mass is 10.3. The second-order valence-corrected chi connectivity index (χ2v) is 4.54. The zero-order valence-electron chi connectivity index (χ0n) is 9.21. The van der Waals surface area contributed by atoms with E-state index >= 15 is 0 Å². The molecule has 0 fully saturated rings. The fourth-order valence-electron chi connectivity index (χ4n) is 1.49. The molecule has 3 nitrogen and oxygen atoms in total. The molecule has 18 heavy (non-hydrogen) atoms. The van der Waals surface area contributed by atoms with Gasteiger partial charge in [-0.3, -0.25) is 0 Å². The Bertz CT molecular complexity index is 534. The van der Waals surface area contributed by atoms with Crippen molar-refractivity contribution in [1.29, 1.82) is 0 Å². The summed E-state index contributed by atoms with van der Waals surface area (Å²) in [4.78, 5) is 0. The Morgan fingerprint density at radius 3 is 2.33 bits per heavy atom. The summed E-state index contributed by atoms with van der Waals surface area (Å²) >= 11 is 3.00. The Balaban J connectivity index is 2.10. The van der Waals surface area contributed by atoms with Crippen LogP contribution in [-0.2, 0) is 13.2 Å². The van der Waals surface area contributed by atoms with Crippen molar-refractivity contribution < 1.29 is 18.3 Å². The van der Waals surface area contributed by atoms with Crippen molar-refractivity contribution in [2.45, 2.75) is 13.2 Å². The van der Waals surface area contributed by atoms with Gasteiger partial charge >= 0.3 is 0 Å². The maximum absolute atomic E-state index is 13.5. The smallest absolute Gasteiger partial charge is 0.150 e. The zero-order chi connectivity index (χ0) is 13.1. The van der Waals surface area contributed by atoms with Crippen molar-refractivity contribution >= 4 is 21.6 Å². The number of aliphatic hydroxyl groups is 1. The van der Waals surface area contributed by atoms with Crippen molar-refractivity contribution in [3.8, 4) is 0 Å². The van der Waals surface area contributed by atoms with E-state index in [0.717, 1.165) is 0 Å². The lowest BCUT2D eigenvalue weighted by Crippen LogP contribution is -2.03. The highest BCUT2D eigenvalue weighted by Gasteiger charge is 2.11. The predicted octanol–water partition coefficient (Wildman–Crippen LogP) is 3.42. The van der Waals surface area contributed by atoms with Crippen LogP contribution in [0.5, 0.6) is 0 Å². The molecule has 0 atom stereocenters. The average molecular weight is 318 g/mol. The van der Waals surface area contributed by atoms with Gasteiger partial charge in [0.1, 0.15) is 35.4 Å². The molecule has 0 saturated carbocycles. The number of nitrogens with one attached hydrogen (secondary N) is 1. The molecule has 0 spiro atoms. The molecule has 2 aromatic rings. The van der Waals surface area contributed by atoms with E-state index in [-0.39, 0.29) is 18.8 Å². The molecular formula is C12H10BrF2NO2. The third-order valence-corrected chi connectivity index (χ3v) is 2.78. The number of hydrogen-bond acceptors (Lipinski definition) is 3. The van der Waals surface area contributed by atoms with Crippen molar-refractivity contribution in [1.82, 2.24) is 0 Å².